The molecule has 1 N–H and O–H groups in total. The van der Waals surface area contributed by atoms with Crippen molar-refractivity contribution in [1.82, 2.24) is 20.0 Å². The van der Waals surface area contributed by atoms with Crippen LogP contribution in [0.2, 0.25) is 0 Å². The Hall–Kier alpha value is -2.80. The predicted molar refractivity (Wildman–Crippen MR) is 85.3 cm³/mol. The van der Waals surface area contributed by atoms with E-state index in [0.717, 1.165) is 10.8 Å². The number of rotatable bonds is 3. The van der Waals surface area contributed by atoms with E-state index in [1.807, 2.05) is 24.3 Å². The van der Waals surface area contributed by atoms with E-state index in [1.54, 1.807) is 18.5 Å². The summed E-state index contributed by atoms with van der Waals surface area (Å²) in [5, 5.41) is 17.8. The van der Waals surface area contributed by atoms with Crippen LogP contribution in [0.5, 0.6) is 0 Å². The number of hydrogen-bond donors (Lipinski definition) is 1. The van der Waals surface area contributed by atoms with Gasteiger partial charge in [-0.05, 0) is 6.07 Å². The SMILES string of the molecule is O=c1cccnn1C1COCC1Nc1nncc2ccccc12. The summed E-state index contributed by atoms with van der Waals surface area (Å²) < 4.78 is 7.01. The summed E-state index contributed by atoms with van der Waals surface area (Å²) in [5.41, 5.74) is -0.140. The Bertz CT molecular complexity index is 889. The van der Waals surface area contributed by atoms with E-state index >= 15 is 0 Å². The van der Waals surface area contributed by atoms with E-state index in [0.29, 0.717) is 19.0 Å². The van der Waals surface area contributed by atoms with Gasteiger partial charge in [0.2, 0.25) is 0 Å². The Morgan fingerprint density at radius 2 is 2.09 bits per heavy atom. The normalized spacial score (nSPS) is 20.7. The van der Waals surface area contributed by atoms with E-state index in [2.05, 4.69) is 20.6 Å². The summed E-state index contributed by atoms with van der Waals surface area (Å²) in [5.74, 6) is 0.688. The lowest BCUT2D eigenvalue weighted by Gasteiger charge is -2.20. The quantitative estimate of drug-likeness (QED) is 0.784. The van der Waals surface area contributed by atoms with Crippen LogP contribution in [0.1, 0.15) is 6.04 Å². The largest absolute Gasteiger partial charge is 0.377 e. The van der Waals surface area contributed by atoms with Gasteiger partial charge in [0.1, 0.15) is 6.04 Å². The highest BCUT2D eigenvalue weighted by atomic mass is 16.5. The maximum atomic E-state index is 12.0. The predicted octanol–water partition coefficient (Wildman–Crippen LogP) is 1.24. The van der Waals surface area contributed by atoms with Crippen LogP contribution >= 0.6 is 0 Å². The maximum absolute atomic E-state index is 12.0. The van der Waals surface area contributed by atoms with Gasteiger partial charge in [-0.3, -0.25) is 4.79 Å². The monoisotopic (exact) mass is 309 g/mol. The third-order valence-corrected chi connectivity index (χ3v) is 4.00. The third-order valence-electron chi connectivity index (χ3n) is 4.00. The Kier molecular flexibility index (Phi) is 3.47. The molecule has 7 heteroatoms. The Morgan fingerprint density at radius 1 is 1.17 bits per heavy atom. The summed E-state index contributed by atoms with van der Waals surface area (Å²) in [7, 11) is 0. The van der Waals surface area contributed by atoms with Crippen LogP contribution in [0.25, 0.3) is 10.8 Å². The van der Waals surface area contributed by atoms with Crippen molar-refractivity contribution < 1.29 is 4.74 Å². The molecule has 1 fully saturated rings. The van der Waals surface area contributed by atoms with E-state index in [4.69, 9.17) is 4.74 Å². The van der Waals surface area contributed by atoms with Gasteiger partial charge in [0.15, 0.2) is 5.82 Å². The first-order valence-corrected chi connectivity index (χ1v) is 7.41. The van der Waals surface area contributed by atoms with Gasteiger partial charge in [0.25, 0.3) is 5.56 Å². The minimum atomic E-state index is -0.176. The Morgan fingerprint density at radius 3 is 3.00 bits per heavy atom. The van der Waals surface area contributed by atoms with Crippen LogP contribution in [-0.4, -0.2) is 39.2 Å². The molecule has 2 unspecified atom stereocenters. The van der Waals surface area contributed by atoms with Gasteiger partial charge in [-0.1, -0.05) is 24.3 Å². The summed E-state index contributed by atoms with van der Waals surface area (Å²) in [6, 6.07) is 10.8. The summed E-state index contributed by atoms with van der Waals surface area (Å²) in [4.78, 5) is 12.0. The van der Waals surface area contributed by atoms with Crippen molar-refractivity contribution in [3.8, 4) is 0 Å². The molecule has 0 spiro atoms. The Labute approximate surface area is 131 Å². The number of aromatic nitrogens is 4. The van der Waals surface area contributed by atoms with Gasteiger partial charge in [-0.25, -0.2) is 4.68 Å². The lowest BCUT2D eigenvalue weighted by molar-refractivity contribution is 0.182. The van der Waals surface area contributed by atoms with Crippen molar-refractivity contribution >= 4 is 16.6 Å². The second-order valence-electron chi connectivity index (χ2n) is 5.44. The van der Waals surface area contributed by atoms with Crippen molar-refractivity contribution in [2.24, 2.45) is 0 Å². The molecule has 3 aromatic rings. The molecular formula is C16H15N5O2. The molecule has 0 saturated carbocycles. The average molecular weight is 309 g/mol. The van der Waals surface area contributed by atoms with Gasteiger partial charge in [0, 0.05) is 23.0 Å². The van der Waals surface area contributed by atoms with Crippen molar-refractivity contribution in [2.45, 2.75) is 12.1 Å². The molecule has 0 amide bonds. The molecule has 116 valence electrons. The molecule has 4 rings (SSSR count). The fourth-order valence-corrected chi connectivity index (χ4v) is 2.85. The zero-order valence-electron chi connectivity index (χ0n) is 12.3. The number of benzene rings is 1. The molecule has 1 aromatic carbocycles. The van der Waals surface area contributed by atoms with E-state index in [1.165, 1.54) is 10.7 Å². The minimum Gasteiger partial charge on any atom is -0.377 e. The summed E-state index contributed by atoms with van der Waals surface area (Å²) >= 11 is 0. The zero-order valence-corrected chi connectivity index (χ0v) is 12.3. The number of nitrogens with zero attached hydrogens (tertiary/aromatic N) is 4. The van der Waals surface area contributed by atoms with Crippen LogP contribution < -0.4 is 10.9 Å². The first-order chi connectivity index (χ1) is 11.3. The van der Waals surface area contributed by atoms with Crippen molar-refractivity contribution in [3.05, 3.63) is 59.1 Å². The topological polar surface area (TPSA) is 81.9 Å². The maximum Gasteiger partial charge on any atom is 0.267 e. The van der Waals surface area contributed by atoms with Crippen LogP contribution in [0.3, 0.4) is 0 Å². The summed E-state index contributed by atoms with van der Waals surface area (Å²) in [6.07, 6.45) is 3.33. The number of hydrogen-bond acceptors (Lipinski definition) is 6. The number of ether oxygens (including phenoxy) is 1. The molecule has 7 nitrogen and oxygen atoms in total. The summed E-state index contributed by atoms with van der Waals surface area (Å²) in [6.45, 7) is 0.922. The van der Waals surface area contributed by atoms with Crippen LogP contribution in [0.4, 0.5) is 5.82 Å². The lowest BCUT2D eigenvalue weighted by atomic mass is 10.1. The first-order valence-electron chi connectivity index (χ1n) is 7.41. The molecule has 0 radical (unpaired) electrons. The molecule has 3 heterocycles. The molecule has 2 atom stereocenters. The van der Waals surface area contributed by atoms with Gasteiger partial charge >= 0.3 is 0 Å². The highest BCUT2D eigenvalue weighted by Crippen LogP contribution is 2.25. The van der Waals surface area contributed by atoms with Gasteiger partial charge in [-0.15, -0.1) is 5.10 Å². The minimum absolute atomic E-state index is 0.0947. The number of nitrogens with one attached hydrogen (secondary N) is 1. The van der Waals surface area contributed by atoms with E-state index in [9.17, 15) is 4.79 Å². The molecule has 0 bridgehead atoms. The van der Waals surface area contributed by atoms with Gasteiger partial charge < -0.3 is 10.1 Å². The standard InChI is InChI=1S/C16H15N5O2/c22-15-6-3-7-18-21(15)14-10-23-9-13(14)19-16-12-5-2-1-4-11(12)8-17-20-16/h1-8,13-14H,9-10H2,(H,19,20). The van der Waals surface area contributed by atoms with Crippen molar-refractivity contribution in [2.75, 3.05) is 18.5 Å². The lowest BCUT2D eigenvalue weighted by Crippen LogP contribution is -2.37. The molecule has 1 aliphatic heterocycles. The number of anilines is 1. The van der Waals surface area contributed by atoms with Crippen molar-refractivity contribution in [1.29, 1.82) is 0 Å². The second-order valence-corrected chi connectivity index (χ2v) is 5.44. The highest BCUT2D eigenvalue weighted by Gasteiger charge is 2.31. The zero-order chi connectivity index (χ0) is 15.6. The fraction of sp³-hybridized carbons (Fsp3) is 0.250. The third kappa shape index (κ3) is 2.55. The van der Waals surface area contributed by atoms with Crippen LogP contribution in [0, 0.1) is 0 Å². The van der Waals surface area contributed by atoms with Crippen molar-refractivity contribution in [3.63, 3.8) is 0 Å². The fourth-order valence-electron chi connectivity index (χ4n) is 2.85. The van der Waals surface area contributed by atoms with Crippen LogP contribution in [0.15, 0.2) is 53.6 Å². The highest BCUT2D eigenvalue weighted by molar-refractivity contribution is 5.90. The molecule has 1 saturated heterocycles. The second kappa shape index (κ2) is 5.77. The Balaban J connectivity index is 1.67. The first kappa shape index (κ1) is 13.8. The molecule has 2 aromatic heterocycles. The van der Waals surface area contributed by atoms with Crippen LogP contribution in [-0.2, 0) is 4.74 Å². The number of fused-ring (bicyclic) bond motifs is 1. The van der Waals surface area contributed by atoms with Gasteiger partial charge in [-0.2, -0.15) is 10.2 Å². The van der Waals surface area contributed by atoms with E-state index < -0.39 is 0 Å². The average Bonchev–Trinajstić information content (AvgIpc) is 3.04. The molecule has 23 heavy (non-hydrogen) atoms. The molecular weight excluding hydrogens is 294 g/mol. The smallest absolute Gasteiger partial charge is 0.267 e. The molecule has 0 aliphatic carbocycles. The van der Waals surface area contributed by atoms with E-state index in [-0.39, 0.29) is 17.6 Å². The molecule has 1 aliphatic rings. The van der Waals surface area contributed by atoms with Gasteiger partial charge in [0.05, 0.1) is 25.5 Å².